The van der Waals surface area contributed by atoms with Crippen LogP contribution in [0.15, 0.2) is 24.3 Å². The van der Waals surface area contributed by atoms with Gasteiger partial charge in [0.25, 0.3) is 0 Å². The zero-order valence-corrected chi connectivity index (χ0v) is 10.8. The van der Waals surface area contributed by atoms with Gasteiger partial charge in [-0.2, -0.15) is 13.2 Å². The summed E-state index contributed by atoms with van der Waals surface area (Å²) in [6.07, 6.45) is 1.28. The van der Waals surface area contributed by atoms with Crippen LogP contribution in [0.3, 0.4) is 0 Å². The van der Waals surface area contributed by atoms with Gasteiger partial charge in [0.2, 0.25) is 0 Å². The van der Waals surface area contributed by atoms with Crippen LogP contribution in [0, 0.1) is 5.41 Å². The smallest absolute Gasteiger partial charge is 0.313 e. The van der Waals surface area contributed by atoms with Gasteiger partial charge in [-0.05, 0) is 49.1 Å². The van der Waals surface area contributed by atoms with Crippen molar-refractivity contribution in [2.24, 2.45) is 5.41 Å². The van der Waals surface area contributed by atoms with E-state index in [1.165, 1.54) is 25.0 Å². The lowest BCUT2D eigenvalue weighted by atomic mass is 9.95. The van der Waals surface area contributed by atoms with Crippen LogP contribution in [0.4, 0.5) is 13.2 Å². The third-order valence-corrected chi connectivity index (χ3v) is 4.13. The monoisotopic (exact) mass is 269 g/mol. The summed E-state index contributed by atoms with van der Waals surface area (Å²) >= 11 is 0. The molecule has 19 heavy (non-hydrogen) atoms. The van der Waals surface area contributed by atoms with Gasteiger partial charge in [-0.3, -0.25) is 0 Å². The van der Waals surface area contributed by atoms with Crippen molar-refractivity contribution in [1.82, 2.24) is 5.32 Å². The van der Waals surface area contributed by atoms with Crippen molar-refractivity contribution in [2.75, 3.05) is 6.54 Å². The molecule has 104 valence electrons. The zero-order valence-electron chi connectivity index (χ0n) is 10.8. The summed E-state index contributed by atoms with van der Waals surface area (Å²) in [5, 5.41) is 3.50. The summed E-state index contributed by atoms with van der Waals surface area (Å²) in [6, 6.07) is 6.44. The first kappa shape index (κ1) is 13.0. The Balaban J connectivity index is 1.65. The lowest BCUT2D eigenvalue weighted by molar-refractivity contribution is -0.137. The molecule has 0 amide bonds. The van der Waals surface area contributed by atoms with Crippen LogP contribution >= 0.6 is 0 Å². The highest BCUT2D eigenvalue weighted by Gasteiger charge is 2.43. The number of alkyl halides is 3. The maximum absolute atomic E-state index is 12.7. The molecule has 2 saturated carbocycles. The quantitative estimate of drug-likeness (QED) is 0.857. The van der Waals surface area contributed by atoms with Crippen LogP contribution in [-0.2, 0) is 12.6 Å². The minimum Gasteiger partial charge on any atom is -0.313 e. The molecular weight excluding hydrogens is 251 g/mol. The second kappa shape index (κ2) is 4.51. The second-order valence-corrected chi connectivity index (χ2v) is 6.03. The molecule has 1 aromatic rings. The van der Waals surface area contributed by atoms with E-state index in [4.69, 9.17) is 0 Å². The third-order valence-electron chi connectivity index (χ3n) is 4.13. The molecule has 0 saturated heterocycles. The van der Waals surface area contributed by atoms with Crippen LogP contribution in [0.2, 0.25) is 0 Å². The lowest BCUT2D eigenvalue weighted by Crippen LogP contribution is -2.27. The van der Waals surface area contributed by atoms with E-state index in [2.05, 4.69) is 5.32 Å². The maximum Gasteiger partial charge on any atom is 0.416 e. The van der Waals surface area contributed by atoms with Crippen molar-refractivity contribution >= 4 is 0 Å². The lowest BCUT2D eigenvalue weighted by Gasteiger charge is -2.17. The average molecular weight is 269 g/mol. The summed E-state index contributed by atoms with van der Waals surface area (Å²) in [5.41, 5.74) is 0.494. The fraction of sp³-hybridized carbons (Fsp3) is 0.600. The molecule has 0 atom stereocenters. The van der Waals surface area contributed by atoms with E-state index < -0.39 is 11.7 Å². The molecule has 0 unspecified atom stereocenters. The highest BCUT2D eigenvalue weighted by Crippen LogP contribution is 2.48. The molecule has 1 nitrogen and oxygen atoms in total. The molecular formula is C15H18F3N. The number of benzene rings is 1. The van der Waals surface area contributed by atoms with E-state index in [-0.39, 0.29) is 5.41 Å². The molecule has 0 aromatic heterocycles. The molecule has 1 N–H and O–H groups in total. The molecule has 3 rings (SSSR count). The number of hydrogen-bond donors (Lipinski definition) is 1. The van der Waals surface area contributed by atoms with Crippen LogP contribution in [0.5, 0.6) is 0 Å². The van der Waals surface area contributed by atoms with Crippen LogP contribution < -0.4 is 5.32 Å². The third kappa shape index (κ3) is 3.30. The Morgan fingerprint density at radius 3 is 2.53 bits per heavy atom. The van der Waals surface area contributed by atoms with E-state index >= 15 is 0 Å². The number of hydrogen-bond acceptors (Lipinski definition) is 1. The highest BCUT2D eigenvalue weighted by molar-refractivity contribution is 5.27. The maximum atomic E-state index is 12.7. The van der Waals surface area contributed by atoms with Gasteiger partial charge < -0.3 is 5.32 Å². The molecule has 0 heterocycles. The molecule has 4 heteroatoms. The minimum absolute atomic E-state index is 0.215. The molecule has 2 fully saturated rings. The Morgan fingerprint density at radius 2 is 1.95 bits per heavy atom. The van der Waals surface area contributed by atoms with Gasteiger partial charge in [0.1, 0.15) is 0 Å². The van der Waals surface area contributed by atoms with Gasteiger partial charge >= 0.3 is 6.18 Å². The average Bonchev–Trinajstić information content (AvgIpc) is 3.22. The Labute approximate surface area is 111 Å². The first-order chi connectivity index (χ1) is 8.97. The van der Waals surface area contributed by atoms with Crippen molar-refractivity contribution < 1.29 is 13.2 Å². The fourth-order valence-corrected chi connectivity index (χ4v) is 2.53. The van der Waals surface area contributed by atoms with Crippen molar-refractivity contribution in [3.8, 4) is 0 Å². The fourth-order valence-electron chi connectivity index (χ4n) is 2.53. The first-order valence-electron chi connectivity index (χ1n) is 6.86. The summed E-state index contributed by atoms with van der Waals surface area (Å²) in [6.45, 7) is 0.952. The normalized spacial score (nSPS) is 21.4. The van der Waals surface area contributed by atoms with Gasteiger partial charge in [-0.25, -0.2) is 0 Å². The van der Waals surface area contributed by atoms with Crippen molar-refractivity contribution in [3.05, 3.63) is 35.4 Å². The number of nitrogens with one attached hydrogen (secondary N) is 1. The Kier molecular flexibility index (Phi) is 3.08. The van der Waals surface area contributed by atoms with Crippen LogP contribution in [-0.4, -0.2) is 12.6 Å². The van der Waals surface area contributed by atoms with Gasteiger partial charge in [0.05, 0.1) is 5.56 Å². The van der Waals surface area contributed by atoms with Crippen molar-refractivity contribution in [3.63, 3.8) is 0 Å². The highest BCUT2D eigenvalue weighted by atomic mass is 19.4. The topological polar surface area (TPSA) is 12.0 Å². The van der Waals surface area contributed by atoms with Crippen LogP contribution in [0.1, 0.15) is 36.8 Å². The van der Waals surface area contributed by atoms with Crippen LogP contribution in [0.25, 0.3) is 0 Å². The van der Waals surface area contributed by atoms with Gasteiger partial charge in [-0.1, -0.05) is 18.2 Å². The van der Waals surface area contributed by atoms with Gasteiger partial charge in [0.15, 0.2) is 0 Å². The standard InChI is InChI=1S/C15H18F3N/c16-15(17,18)12-3-1-2-11(8-12)9-14(6-7-14)10-19-13-4-5-13/h1-3,8,13,19H,4-7,9-10H2. The van der Waals surface area contributed by atoms with E-state index in [1.807, 2.05) is 6.07 Å². The largest absolute Gasteiger partial charge is 0.416 e. The SMILES string of the molecule is FC(F)(F)c1cccc(CC2(CNC3CC3)CC2)c1. The molecule has 0 radical (unpaired) electrons. The molecule has 1 aromatic carbocycles. The van der Waals surface area contributed by atoms with E-state index in [1.54, 1.807) is 0 Å². The molecule has 0 bridgehead atoms. The summed E-state index contributed by atoms with van der Waals surface area (Å²) in [7, 11) is 0. The van der Waals surface area contributed by atoms with Gasteiger partial charge in [0, 0.05) is 12.6 Å². The molecule has 2 aliphatic rings. The summed E-state index contributed by atoms with van der Waals surface area (Å²) in [4.78, 5) is 0. The molecule has 0 spiro atoms. The Hall–Kier alpha value is -1.03. The number of halogens is 3. The molecule has 2 aliphatic carbocycles. The van der Waals surface area contributed by atoms with E-state index in [9.17, 15) is 13.2 Å². The summed E-state index contributed by atoms with van der Waals surface area (Å²) < 4.78 is 38.0. The van der Waals surface area contributed by atoms with Crippen molar-refractivity contribution in [1.29, 1.82) is 0 Å². The predicted molar refractivity (Wildman–Crippen MR) is 67.8 cm³/mol. The Morgan fingerprint density at radius 1 is 1.21 bits per heavy atom. The minimum atomic E-state index is -4.24. The summed E-state index contributed by atoms with van der Waals surface area (Å²) in [5.74, 6) is 0. The zero-order chi connectivity index (χ0) is 13.5. The van der Waals surface area contributed by atoms with E-state index in [0.717, 1.165) is 37.4 Å². The van der Waals surface area contributed by atoms with Crippen molar-refractivity contribution in [2.45, 2.75) is 44.3 Å². The van der Waals surface area contributed by atoms with Gasteiger partial charge in [-0.15, -0.1) is 0 Å². The first-order valence-corrected chi connectivity index (χ1v) is 6.86. The number of rotatable bonds is 5. The second-order valence-electron chi connectivity index (χ2n) is 6.03. The van der Waals surface area contributed by atoms with E-state index in [0.29, 0.717) is 6.04 Å². The predicted octanol–water partition coefficient (Wildman–Crippen LogP) is 3.78. The molecule has 0 aliphatic heterocycles. The Bertz CT molecular complexity index is 459.